The van der Waals surface area contributed by atoms with Gasteiger partial charge in [-0.25, -0.2) is 0 Å². The molecule has 2 heterocycles. The number of carbonyl (C=O) groups is 1. The molecule has 1 fully saturated rings. The van der Waals surface area contributed by atoms with Crippen LogP contribution in [0.1, 0.15) is 35.7 Å². The van der Waals surface area contributed by atoms with Crippen LogP contribution < -0.4 is 14.8 Å². The fourth-order valence-corrected chi connectivity index (χ4v) is 3.57. The number of benzene rings is 2. The van der Waals surface area contributed by atoms with Gasteiger partial charge in [0.25, 0.3) is 5.91 Å². The number of rotatable bonds is 4. The van der Waals surface area contributed by atoms with Gasteiger partial charge < -0.3 is 19.7 Å². The highest BCUT2D eigenvalue weighted by Gasteiger charge is 2.25. The second kappa shape index (κ2) is 7.28. The molecule has 1 unspecified atom stereocenters. The first-order valence-electron chi connectivity index (χ1n) is 9.27. The number of carbonyl (C=O) groups excluding carboxylic acids is 1. The summed E-state index contributed by atoms with van der Waals surface area (Å²) in [6.45, 7) is 3.92. The molecule has 26 heavy (non-hydrogen) atoms. The number of aryl methyl sites for hydroxylation is 1. The second-order valence-corrected chi connectivity index (χ2v) is 6.85. The molecule has 1 amide bonds. The zero-order valence-corrected chi connectivity index (χ0v) is 15.0. The summed E-state index contributed by atoms with van der Waals surface area (Å²) in [5.74, 6) is 1.67. The molecule has 1 saturated heterocycles. The van der Waals surface area contributed by atoms with Crippen LogP contribution in [0, 0.1) is 0 Å². The van der Waals surface area contributed by atoms with Crippen LogP contribution in [0.4, 0.5) is 5.69 Å². The monoisotopic (exact) mass is 352 g/mol. The van der Waals surface area contributed by atoms with Crippen LogP contribution in [0.15, 0.2) is 42.5 Å². The van der Waals surface area contributed by atoms with Crippen LogP contribution >= 0.6 is 0 Å². The topological polar surface area (TPSA) is 50.8 Å². The van der Waals surface area contributed by atoms with Gasteiger partial charge in [-0.05, 0) is 49.1 Å². The van der Waals surface area contributed by atoms with Gasteiger partial charge in [-0.1, -0.05) is 19.1 Å². The summed E-state index contributed by atoms with van der Waals surface area (Å²) in [4.78, 5) is 14.8. The van der Waals surface area contributed by atoms with E-state index < -0.39 is 0 Å². The molecule has 0 bridgehead atoms. The number of hydrogen-bond acceptors (Lipinski definition) is 4. The normalized spacial score (nSPS) is 18.7. The van der Waals surface area contributed by atoms with E-state index in [-0.39, 0.29) is 18.7 Å². The second-order valence-electron chi connectivity index (χ2n) is 6.85. The van der Waals surface area contributed by atoms with Crippen LogP contribution in [0.5, 0.6) is 11.5 Å². The maximum Gasteiger partial charge on any atom is 0.253 e. The van der Waals surface area contributed by atoms with Gasteiger partial charge in [-0.3, -0.25) is 4.79 Å². The summed E-state index contributed by atoms with van der Waals surface area (Å²) in [5, 5.41) is 3.54. The lowest BCUT2D eigenvalue weighted by atomic mass is 10.0. The smallest absolute Gasteiger partial charge is 0.253 e. The summed E-state index contributed by atoms with van der Waals surface area (Å²) in [6, 6.07) is 14.1. The molecule has 1 N–H and O–H groups in total. The Balaban J connectivity index is 1.41. The number of hydrogen-bond donors (Lipinski definition) is 1. The van der Waals surface area contributed by atoms with Crippen LogP contribution in [0.2, 0.25) is 0 Å². The molecule has 2 aromatic carbocycles. The van der Waals surface area contributed by atoms with Crippen LogP contribution in [0.25, 0.3) is 0 Å². The quantitative estimate of drug-likeness (QED) is 0.912. The van der Waals surface area contributed by atoms with E-state index in [4.69, 9.17) is 9.47 Å². The van der Waals surface area contributed by atoms with Gasteiger partial charge in [0.2, 0.25) is 6.79 Å². The van der Waals surface area contributed by atoms with Gasteiger partial charge in [0.1, 0.15) is 0 Å². The predicted octanol–water partition coefficient (Wildman–Crippen LogP) is 3.69. The number of amides is 1. The molecule has 0 aliphatic carbocycles. The summed E-state index contributed by atoms with van der Waals surface area (Å²) in [6.07, 6.45) is 3.04. The molecule has 5 nitrogen and oxygen atoms in total. The van der Waals surface area contributed by atoms with E-state index in [0.29, 0.717) is 6.54 Å². The van der Waals surface area contributed by atoms with Crippen molar-refractivity contribution in [1.82, 2.24) is 4.90 Å². The van der Waals surface area contributed by atoms with Crippen molar-refractivity contribution >= 4 is 11.6 Å². The number of ether oxygens (including phenoxy) is 2. The van der Waals surface area contributed by atoms with E-state index >= 15 is 0 Å². The molecule has 4 rings (SSSR count). The van der Waals surface area contributed by atoms with Crippen molar-refractivity contribution in [3.05, 3.63) is 53.6 Å². The first-order valence-corrected chi connectivity index (χ1v) is 9.27. The summed E-state index contributed by atoms with van der Waals surface area (Å²) < 4.78 is 10.8. The van der Waals surface area contributed by atoms with Gasteiger partial charge in [0.15, 0.2) is 11.5 Å². The maximum atomic E-state index is 12.8. The minimum absolute atomic E-state index is 0.116. The average molecular weight is 352 g/mol. The van der Waals surface area contributed by atoms with E-state index in [1.165, 1.54) is 5.56 Å². The van der Waals surface area contributed by atoms with Crippen molar-refractivity contribution < 1.29 is 14.3 Å². The summed E-state index contributed by atoms with van der Waals surface area (Å²) in [5.41, 5.74) is 3.02. The minimum Gasteiger partial charge on any atom is -0.454 e. The van der Waals surface area contributed by atoms with Gasteiger partial charge in [0.05, 0.1) is 0 Å². The molecule has 2 aliphatic rings. The molecule has 0 radical (unpaired) electrons. The van der Waals surface area contributed by atoms with Crippen molar-refractivity contribution in [2.24, 2.45) is 0 Å². The maximum absolute atomic E-state index is 12.8. The molecule has 1 atom stereocenters. The fourth-order valence-electron chi connectivity index (χ4n) is 3.57. The van der Waals surface area contributed by atoms with Crippen LogP contribution in [-0.2, 0) is 6.42 Å². The van der Waals surface area contributed by atoms with Crippen molar-refractivity contribution in [2.75, 3.05) is 25.2 Å². The third-order valence-electron chi connectivity index (χ3n) is 5.06. The highest BCUT2D eigenvalue weighted by Crippen LogP contribution is 2.34. The van der Waals surface area contributed by atoms with Gasteiger partial charge >= 0.3 is 0 Å². The number of likely N-dealkylation sites (tertiary alicyclic amines) is 1. The van der Waals surface area contributed by atoms with E-state index in [1.54, 1.807) is 0 Å². The van der Waals surface area contributed by atoms with Crippen molar-refractivity contribution in [3.63, 3.8) is 0 Å². The first-order chi connectivity index (χ1) is 12.7. The largest absolute Gasteiger partial charge is 0.454 e. The third kappa shape index (κ3) is 3.47. The highest BCUT2D eigenvalue weighted by molar-refractivity contribution is 5.94. The number of anilines is 1. The Bertz CT molecular complexity index is 788. The lowest BCUT2D eigenvalue weighted by molar-refractivity contribution is 0.0715. The predicted molar refractivity (Wildman–Crippen MR) is 101 cm³/mol. The molecule has 5 heteroatoms. The number of nitrogens with one attached hydrogen (secondary N) is 1. The lowest BCUT2D eigenvalue weighted by Gasteiger charge is -2.34. The van der Waals surface area contributed by atoms with Crippen molar-refractivity contribution in [3.8, 4) is 11.5 Å². The van der Waals surface area contributed by atoms with Gasteiger partial charge in [-0.2, -0.15) is 0 Å². The van der Waals surface area contributed by atoms with E-state index in [9.17, 15) is 4.79 Å². The Labute approximate surface area is 153 Å². The lowest BCUT2D eigenvalue weighted by Crippen LogP contribution is -2.45. The molecule has 136 valence electrons. The Kier molecular flexibility index (Phi) is 4.69. The Morgan fingerprint density at radius 3 is 2.77 bits per heavy atom. The molecule has 0 aromatic heterocycles. The van der Waals surface area contributed by atoms with Crippen LogP contribution in [0.3, 0.4) is 0 Å². The highest BCUT2D eigenvalue weighted by atomic mass is 16.7. The Morgan fingerprint density at radius 1 is 1.15 bits per heavy atom. The third-order valence-corrected chi connectivity index (χ3v) is 5.06. The van der Waals surface area contributed by atoms with E-state index in [2.05, 4.69) is 12.2 Å². The van der Waals surface area contributed by atoms with Gasteiger partial charge in [0, 0.05) is 36.4 Å². The van der Waals surface area contributed by atoms with E-state index in [1.807, 2.05) is 47.4 Å². The standard InChI is InChI=1S/C21H24N2O3/c1-2-15-5-7-16(8-6-15)21(24)23-11-3-4-18(13-23)22-17-9-10-19-20(12-17)26-14-25-19/h5-10,12,18,22H,2-4,11,13-14H2,1H3. The molecular weight excluding hydrogens is 328 g/mol. The molecular formula is C21H24N2O3. The zero-order valence-electron chi connectivity index (χ0n) is 15.0. The summed E-state index contributed by atoms with van der Waals surface area (Å²) >= 11 is 0. The fraction of sp³-hybridized carbons (Fsp3) is 0.381. The number of nitrogens with zero attached hydrogens (tertiary/aromatic N) is 1. The molecule has 2 aliphatic heterocycles. The molecule has 0 saturated carbocycles. The molecule has 2 aromatic rings. The Morgan fingerprint density at radius 2 is 1.96 bits per heavy atom. The zero-order chi connectivity index (χ0) is 17.9. The van der Waals surface area contributed by atoms with Crippen molar-refractivity contribution in [1.29, 1.82) is 0 Å². The molecule has 0 spiro atoms. The summed E-state index contributed by atoms with van der Waals surface area (Å²) in [7, 11) is 0. The van der Waals surface area contributed by atoms with E-state index in [0.717, 1.165) is 48.6 Å². The number of piperidine rings is 1. The van der Waals surface area contributed by atoms with Crippen molar-refractivity contribution in [2.45, 2.75) is 32.2 Å². The number of fused-ring (bicyclic) bond motifs is 1. The SMILES string of the molecule is CCc1ccc(C(=O)N2CCCC(Nc3ccc4c(c3)OCO4)C2)cc1. The van der Waals surface area contributed by atoms with Gasteiger partial charge in [-0.15, -0.1) is 0 Å². The Hall–Kier alpha value is -2.69. The van der Waals surface area contributed by atoms with Crippen LogP contribution in [-0.4, -0.2) is 36.7 Å². The first kappa shape index (κ1) is 16.8. The minimum atomic E-state index is 0.116. The average Bonchev–Trinajstić information content (AvgIpc) is 3.15.